The summed E-state index contributed by atoms with van der Waals surface area (Å²) in [5, 5.41) is 2.93. The minimum absolute atomic E-state index is 0.0534. The van der Waals surface area contributed by atoms with Crippen LogP contribution in [0.2, 0.25) is 0 Å². The maximum Gasteiger partial charge on any atom is 0.253 e. The molecular weight excluding hydrogens is 307 g/mol. The monoisotopic (exact) mass is 334 g/mol. The topological polar surface area (TPSA) is 49.4 Å². The van der Waals surface area contributed by atoms with Crippen molar-refractivity contribution in [3.63, 3.8) is 0 Å². The van der Waals surface area contributed by atoms with Crippen LogP contribution in [0.25, 0.3) is 0 Å². The number of carbonyl (C=O) groups is 2. The number of amides is 2. The van der Waals surface area contributed by atoms with Gasteiger partial charge in [0.25, 0.3) is 5.91 Å². The highest BCUT2D eigenvalue weighted by Gasteiger charge is 2.31. The predicted molar refractivity (Wildman–Crippen MR) is 92.1 cm³/mol. The summed E-state index contributed by atoms with van der Waals surface area (Å²) in [6.45, 7) is 6.18. The first-order chi connectivity index (χ1) is 11.5. The highest BCUT2D eigenvalue weighted by atomic mass is 19.1. The van der Waals surface area contributed by atoms with Gasteiger partial charge in [-0.05, 0) is 48.9 Å². The van der Waals surface area contributed by atoms with Crippen LogP contribution in [0, 0.1) is 17.7 Å². The van der Waals surface area contributed by atoms with E-state index in [2.05, 4.69) is 12.2 Å². The molecule has 2 amide bonds. The third-order valence-electron chi connectivity index (χ3n) is 4.81. The fourth-order valence-corrected chi connectivity index (χ4v) is 3.35. The Morgan fingerprint density at radius 3 is 2.54 bits per heavy atom. The van der Waals surface area contributed by atoms with Gasteiger partial charge in [0.2, 0.25) is 5.91 Å². The minimum atomic E-state index is -0.338. The fourth-order valence-electron chi connectivity index (χ4n) is 3.35. The van der Waals surface area contributed by atoms with E-state index in [0.717, 1.165) is 25.8 Å². The van der Waals surface area contributed by atoms with Crippen LogP contribution in [0.4, 0.5) is 4.39 Å². The number of likely N-dealkylation sites (tertiary alicyclic amines) is 1. The lowest BCUT2D eigenvalue weighted by Gasteiger charge is -2.38. The molecule has 2 atom stereocenters. The molecule has 1 fully saturated rings. The van der Waals surface area contributed by atoms with Gasteiger partial charge in [-0.2, -0.15) is 0 Å². The first-order valence-electron chi connectivity index (χ1n) is 8.86. The van der Waals surface area contributed by atoms with E-state index < -0.39 is 0 Å². The standard InChI is InChI=1S/C19H27FN2O2/c1-3-10-21-18(23)12-16-9-11-22(13-14(16)4-2)19(24)15-5-7-17(20)8-6-15/h5-8,14,16H,3-4,9-13H2,1-2H3,(H,21,23)/t14-,16+/m0/s1. The number of hydrogen-bond donors (Lipinski definition) is 1. The van der Waals surface area contributed by atoms with Crippen LogP contribution in [0.15, 0.2) is 24.3 Å². The van der Waals surface area contributed by atoms with E-state index in [1.165, 1.54) is 24.3 Å². The molecule has 1 aromatic carbocycles. The van der Waals surface area contributed by atoms with Gasteiger partial charge in [-0.25, -0.2) is 4.39 Å². The highest BCUT2D eigenvalue weighted by Crippen LogP contribution is 2.29. The summed E-state index contributed by atoms with van der Waals surface area (Å²) >= 11 is 0. The van der Waals surface area contributed by atoms with Crippen molar-refractivity contribution in [2.24, 2.45) is 11.8 Å². The minimum Gasteiger partial charge on any atom is -0.356 e. The van der Waals surface area contributed by atoms with Gasteiger partial charge in [-0.15, -0.1) is 0 Å². The molecule has 0 saturated carbocycles. The molecule has 24 heavy (non-hydrogen) atoms. The lowest BCUT2D eigenvalue weighted by molar-refractivity contribution is -0.122. The van der Waals surface area contributed by atoms with Gasteiger partial charge in [0.1, 0.15) is 5.82 Å². The number of piperidine rings is 1. The number of benzene rings is 1. The molecule has 0 aliphatic carbocycles. The zero-order valence-electron chi connectivity index (χ0n) is 14.6. The number of nitrogens with one attached hydrogen (secondary N) is 1. The molecule has 1 heterocycles. The Bertz CT molecular complexity index is 559. The van der Waals surface area contributed by atoms with Crippen molar-refractivity contribution >= 4 is 11.8 Å². The van der Waals surface area contributed by atoms with Gasteiger partial charge in [0.05, 0.1) is 0 Å². The average Bonchev–Trinajstić information content (AvgIpc) is 2.60. The fraction of sp³-hybridized carbons (Fsp3) is 0.579. The van der Waals surface area contributed by atoms with Crippen LogP contribution in [-0.2, 0) is 4.79 Å². The molecule has 0 spiro atoms. The van der Waals surface area contributed by atoms with E-state index in [1.54, 1.807) is 0 Å². The molecule has 1 aliphatic rings. The maximum absolute atomic E-state index is 13.0. The van der Waals surface area contributed by atoms with Crippen molar-refractivity contribution in [3.05, 3.63) is 35.6 Å². The molecule has 0 bridgehead atoms. The molecule has 0 radical (unpaired) electrons. The van der Waals surface area contributed by atoms with E-state index in [9.17, 15) is 14.0 Å². The second kappa shape index (κ2) is 8.81. The summed E-state index contributed by atoms with van der Waals surface area (Å²) in [4.78, 5) is 26.4. The Hall–Kier alpha value is -1.91. The van der Waals surface area contributed by atoms with E-state index in [1.807, 2.05) is 11.8 Å². The SMILES string of the molecule is CCCNC(=O)C[C@H]1CCN(C(=O)c2ccc(F)cc2)C[C@@H]1CC. The largest absolute Gasteiger partial charge is 0.356 e. The average molecular weight is 334 g/mol. The van der Waals surface area contributed by atoms with Crippen LogP contribution in [0.3, 0.4) is 0 Å². The van der Waals surface area contributed by atoms with Crippen LogP contribution in [0.1, 0.15) is 49.9 Å². The summed E-state index contributed by atoms with van der Waals surface area (Å²) in [5.41, 5.74) is 0.519. The van der Waals surface area contributed by atoms with Crippen molar-refractivity contribution in [2.75, 3.05) is 19.6 Å². The van der Waals surface area contributed by atoms with Crippen molar-refractivity contribution < 1.29 is 14.0 Å². The Labute approximate surface area is 143 Å². The maximum atomic E-state index is 13.0. The summed E-state index contributed by atoms with van der Waals surface area (Å²) in [6, 6.07) is 5.69. The number of rotatable bonds is 6. The zero-order chi connectivity index (χ0) is 17.5. The molecule has 1 saturated heterocycles. The van der Waals surface area contributed by atoms with E-state index in [0.29, 0.717) is 36.9 Å². The number of halogens is 1. The van der Waals surface area contributed by atoms with E-state index in [-0.39, 0.29) is 17.6 Å². The third-order valence-corrected chi connectivity index (χ3v) is 4.81. The van der Waals surface area contributed by atoms with E-state index >= 15 is 0 Å². The lowest BCUT2D eigenvalue weighted by atomic mass is 9.81. The quantitative estimate of drug-likeness (QED) is 0.868. The molecule has 1 aliphatic heterocycles. The molecule has 1 N–H and O–H groups in total. The van der Waals surface area contributed by atoms with Crippen molar-refractivity contribution in [1.82, 2.24) is 10.2 Å². The smallest absolute Gasteiger partial charge is 0.253 e. The lowest BCUT2D eigenvalue weighted by Crippen LogP contribution is -2.44. The normalized spacial score (nSPS) is 20.7. The molecule has 1 aromatic rings. The summed E-state index contributed by atoms with van der Waals surface area (Å²) in [5.74, 6) is 0.371. The van der Waals surface area contributed by atoms with Crippen LogP contribution < -0.4 is 5.32 Å². The van der Waals surface area contributed by atoms with Gasteiger partial charge < -0.3 is 10.2 Å². The molecule has 0 unspecified atom stereocenters. The molecule has 2 rings (SSSR count). The second-order valence-electron chi connectivity index (χ2n) is 6.53. The highest BCUT2D eigenvalue weighted by molar-refractivity contribution is 5.94. The summed E-state index contributed by atoms with van der Waals surface area (Å²) < 4.78 is 13.0. The van der Waals surface area contributed by atoms with Crippen molar-refractivity contribution in [3.8, 4) is 0 Å². The molecule has 4 nitrogen and oxygen atoms in total. The van der Waals surface area contributed by atoms with Crippen molar-refractivity contribution in [1.29, 1.82) is 0 Å². The second-order valence-corrected chi connectivity index (χ2v) is 6.53. The number of carbonyl (C=O) groups excluding carboxylic acids is 2. The van der Waals surface area contributed by atoms with Crippen molar-refractivity contribution in [2.45, 2.75) is 39.5 Å². The Morgan fingerprint density at radius 1 is 1.21 bits per heavy atom. The molecule has 5 heteroatoms. The Balaban J connectivity index is 1.95. The molecule has 132 valence electrons. The van der Waals surface area contributed by atoms with Crippen LogP contribution in [-0.4, -0.2) is 36.3 Å². The molecule has 0 aromatic heterocycles. The van der Waals surface area contributed by atoms with E-state index in [4.69, 9.17) is 0 Å². The Morgan fingerprint density at radius 2 is 1.92 bits per heavy atom. The summed E-state index contributed by atoms with van der Waals surface area (Å²) in [7, 11) is 0. The number of hydrogen-bond acceptors (Lipinski definition) is 2. The Kier molecular flexibility index (Phi) is 6.76. The first-order valence-corrected chi connectivity index (χ1v) is 8.86. The van der Waals surface area contributed by atoms with Gasteiger partial charge in [0, 0.05) is 31.6 Å². The van der Waals surface area contributed by atoms with Gasteiger partial charge in [-0.1, -0.05) is 20.3 Å². The number of nitrogens with zero attached hydrogens (tertiary/aromatic N) is 1. The zero-order valence-corrected chi connectivity index (χ0v) is 14.6. The van der Waals surface area contributed by atoms with Gasteiger partial charge >= 0.3 is 0 Å². The third kappa shape index (κ3) is 4.79. The molecular formula is C19H27FN2O2. The van der Waals surface area contributed by atoms with Crippen LogP contribution in [0.5, 0.6) is 0 Å². The van der Waals surface area contributed by atoms with Gasteiger partial charge in [0.15, 0.2) is 0 Å². The van der Waals surface area contributed by atoms with Gasteiger partial charge in [-0.3, -0.25) is 9.59 Å². The first kappa shape index (κ1) is 18.4. The predicted octanol–water partition coefficient (Wildman–Crippen LogP) is 3.23. The summed E-state index contributed by atoms with van der Waals surface area (Å²) in [6.07, 6.45) is 3.26. The van der Waals surface area contributed by atoms with Crippen LogP contribution >= 0.6 is 0 Å².